The van der Waals surface area contributed by atoms with Gasteiger partial charge in [-0.1, -0.05) is 53.5 Å². The van der Waals surface area contributed by atoms with Crippen LogP contribution in [0.1, 0.15) is 33.9 Å². The largest absolute Gasteiger partial charge is 0.481 e. The summed E-state index contributed by atoms with van der Waals surface area (Å²) in [4.78, 5) is 45.0. The number of benzene rings is 2. The number of nitrogens with zero attached hydrogens (tertiary/aromatic N) is 4. The summed E-state index contributed by atoms with van der Waals surface area (Å²) in [7, 11) is 6.17. The van der Waals surface area contributed by atoms with Crippen LogP contribution in [0.15, 0.2) is 58.3 Å². The maximum Gasteiger partial charge on any atom is 0.330 e. The van der Waals surface area contributed by atoms with E-state index in [1.54, 1.807) is 32.4 Å². The fraction of sp³-hybridized carbons (Fsp3) is 0.312. The Balaban J connectivity index is 1.33. The van der Waals surface area contributed by atoms with Gasteiger partial charge in [-0.3, -0.25) is 19.1 Å². The molecule has 2 aromatic carbocycles. The molecule has 0 spiro atoms. The number of hydrogen-bond donors (Lipinski definition) is 1. The van der Waals surface area contributed by atoms with E-state index in [0.29, 0.717) is 27.7 Å². The summed E-state index contributed by atoms with van der Waals surface area (Å²) in [5.41, 5.74) is 3.81. The number of carbonyl (C=O) groups is 1. The first-order valence-corrected chi connectivity index (χ1v) is 14.9. The first kappa shape index (κ1) is 30.1. The summed E-state index contributed by atoms with van der Waals surface area (Å²) < 4.78 is 13.3. The van der Waals surface area contributed by atoms with Crippen molar-refractivity contribution >= 4 is 34.8 Å². The molecule has 1 fully saturated rings. The van der Waals surface area contributed by atoms with Gasteiger partial charge in [0.2, 0.25) is 5.88 Å². The van der Waals surface area contributed by atoms with Gasteiger partial charge in [-0.2, -0.15) is 0 Å². The highest BCUT2D eigenvalue weighted by Crippen LogP contribution is 2.46. The SMILES string of the molecule is COc1nc(-c2cccc(-c3cccc(NC(=O)c4cn(C)c(=O)n(C)c4=O)c3Cl)c2Cl)cc2c1C(N1CC(OC)C1)CC2. The first-order chi connectivity index (χ1) is 21.1. The minimum atomic E-state index is -0.707. The molecule has 3 heterocycles. The van der Waals surface area contributed by atoms with E-state index in [1.165, 1.54) is 30.4 Å². The summed E-state index contributed by atoms with van der Waals surface area (Å²) in [6.07, 6.45) is 3.36. The number of ether oxygens (including phenoxy) is 2. The van der Waals surface area contributed by atoms with Gasteiger partial charge in [0.15, 0.2) is 0 Å². The second-order valence-electron chi connectivity index (χ2n) is 11.0. The Labute approximate surface area is 263 Å². The van der Waals surface area contributed by atoms with Crippen LogP contribution in [0.2, 0.25) is 10.0 Å². The summed E-state index contributed by atoms with van der Waals surface area (Å²) in [6, 6.07) is 13.1. The van der Waals surface area contributed by atoms with Gasteiger partial charge in [0.05, 0.1) is 34.6 Å². The number of halogens is 2. The molecular weight excluding hydrogens is 605 g/mol. The van der Waals surface area contributed by atoms with Crippen molar-refractivity contribution in [3.05, 3.63) is 96.2 Å². The van der Waals surface area contributed by atoms with Crippen molar-refractivity contribution in [1.82, 2.24) is 19.0 Å². The molecule has 1 saturated heterocycles. The number of amides is 1. The maximum atomic E-state index is 13.1. The van der Waals surface area contributed by atoms with E-state index < -0.39 is 17.2 Å². The number of hydrogen-bond acceptors (Lipinski definition) is 7. The van der Waals surface area contributed by atoms with Crippen molar-refractivity contribution in [1.29, 1.82) is 0 Å². The third-order valence-corrected chi connectivity index (χ3v) is 9.29. The third kappa shape index (κ3) is 5.11. The highest BCUT2D eigenvalue weighted by Gasteiger charge is 2.39. The molecule has 1 unspecified atom stereocenters. The molecule has 1 aliphatic heterocycles. The van der Waals surface area contributed by atoms with Crippen LogP contribution >= 0.6 is 23.2 Å². The number of pyridine rings is 1. The molecule has 0 bridgehead atoms. The minimum absolute atomic E-state index is 0.192. The molecule has 4 aromatic rings. The molecule has 10 nitrogen and oxygen atoms in total. The van der Waals surface area contributed by atoms with Gasteiger partial charge in [0, 0.05) is 68.8 Å². The van der Waals surface area contributed by atoms with Crippen LogP contribution < -0.4 is 21.3 Å². The maximum absolute atomic E-state index is 13.1. The standard InChI is InChI=1S/C32H31Cl2N5O5/c1-37-16-22(31(41)38(2)32(37)42)29(40)35-23-10-6-8-20(28(23)34)19-7-5-9-21(27(19)33)24-13-17-11-12-25(26(17)30(36-24)44-4)39-14-18(15-39)43-3/h5-10,13,16,18,25H,11-12,14-15H2,1-4H3,(H,35,40). The summed E-state index contributed by atoms with van der Waals surface area (Å²) in [5, 5.41) is 3.39. The molecule has 1 aliphatic carbocycles. The molecule has 6 rings (SSSR count). The van der Waals surface area contributed by atoms with Crippen molar-refractivity contribution in [2.75, 3.05) is 32.6 Å². The van der Waals surface area contributed by atoms with E-state index in [1.807, 2.05) is 18.2 Å². The number of methoxy groups -OCH3 is 2. The topological polar surface area (TPSA) is 108 Å². The van der Waals surface area contributed by atoms with Crippen LogP contribution in [-0.4, -0.2) is 58.3 Å². The molecule has 2 aliphatic rings. The van der Waals surface area contributed by atoms with Gasteiger partial charge < -0.3 is 19.4 Å². The molecule has 12 heteroatoms. The Kier molecular flexibility index (Phi) is 8.10. The molecule has 1 N–H and O–H groups in total. The average Bonchev–Trinajstić information content (AvgIpc) is 3.42. The second kappa shape index (κ2) is 11.9. The summed E-state index contributed by atoms with van der Waals surface area (Å²) in [5.74, 6) is -0.0987. The van der Waals surface area contributed by atoms with Crippen LogP contribution in [0.25, 0.3) is 22.4 Å². The number of likely N-dealkylation sites (tertiary alicyclic amines) is 1. The molecule has 2 aromatic heterocycles. The Morgan fingerprint density at radius 2 is 1.68 bits per heavy atom. The molecule has 0 saturated carbocycles. The molecule has 0 radical (unpaired) electrons. The molecular formula is C32H31Cl2N5O5. The van der Waals surface area contributed by atoms with Crippen molar-refractivity contribution < 1.29 is 14.3 Å². The zero-order chi connectivity index (χ0) is 31.3. The van der Waals surface area contributed by atoms with Crippen LogP contribution in [0.5, 0.6) is 5.88 Å². The van der Waals surface area contributed by atoms with Gasteiger partial charge >= 0.3 is 5.69 Å². The van der Waals surface area contributed by atoms with Crippen LogP contribution in [0.3, 0.4) is 0 Å². The van der Waals surface area contributed by atoms with E-state index in [-0.39, 0.29) is 28.4 Å². The van der Waals surface area contributed by atoms with E-state index >= 15 is 0 Å². The molecule has 44 heavy (non-hydrogen) atoms. The van der Waals surface area contributed by atoms with Crippen molar-refractivity contribution in [3.63, 3.8) is 0 Å². The fourth-order valence-electron chi connectivity index (χ4n) is 6.04. The molecule has 1 amide bonds. The average molecular weight is 637 g/mol. The van der Waals surface area contributed by atoms with Crippen LogP contribution in [0.4, 0.5) is 5.69 Å². The zero-order valence-corrected chi connectivity index (χ0v) is 26.2. The lowest BCUT2D eigenvalue weighted by Gasteiger charge is -2.42. The monoisotopic (exact) mass is 635 g/mol. The Bertz CT molecular complexity index is 1910. The number of anilines is 1. The van der Waals surface area contributed by atoms with Crippen LogP contribution in [0, 0.1) is 0 Å². The van der Waals surface area contributed by atoms with Gasteiger partial charge in [0.1, 0.15) is 5.56 Å². The summed E-state index contributed by atoms with van der Waals surface area (Å²) >= 11 is 13.9. The lowest BCUT2D eigenvalue weighted by molar-refractivity contribution is -0.0514. The molecule has 1 atom stereocenters. The number of aromatic nitrogens is 3. The van der Waals surface area contributed by atoms with Crippen LogP contribution in [-0.2, 0) is 25.3 Å². The van der Waals surface area contributed by atoms with E-state index in [0.717, 1.165) is 41.6 Å². The lowest BCUT2D eigenvalue weighted by atomic mass is 9.98. The highest BCUT2D eigenvalue weighted by atomic mass is 35.5. The van der Waals surface area contributed by atoms with Crippen molar-refractivity contribution in [2.24, 2.45) is 14.1 Å². The van der Waals surface area contributed by atoms with Crippen molar-refractivity contribution in [3.8, 4) is 28.3 Å². The first-order valence-electron chi connectivity index (χ1n) is 14.1. The zero-order valence-electron chi connectivity index (χ0n) is 24.7. The predicted molar refractivity (Wildman–Crippen MR) is 170 cm³/mol. The van der Waals surface area contributed by atoms with E-state index in [9.17, 15) is 14.4 Å². The number of nitrogens with one attached hydrogen (secondary N) is 1. The highest BCUT2D eigenvalue weighted by molar-refractivity contribution is 6.39. The van der Waals surface area contributed by atoms with Crippen molar-refractivity contribution in [2.45, 2.75) is 25.0 Å². The lowest BCUT2D eigenvalue weighted by Crippen LogP contribution is -2.52. The Morgan fingerprint density at radius 3 is 2.39 bits per heavy atom. The second-order valence-corrected chi connectivity index (χ2v) is 11.8. The van der Waals surface area contributed by atoms with Gasteiger partial charge in [0.25, 0.3) is 11.5 Å². The predicted octanol–water partition coefficient (Wildman–Crippen LogP) is 4.70. The minimum Gasteiger partial charge on any atom is -0.481 e. The summed E-state index contributed by atoms with van der Waals surface area (Å²) in [6.45, 7) is 1.78. The van der Waals surface area contributed by atoms with Gasteiger partial charge in [-0.15, -0.1) is 0 Å². The normalized spacial score (nSPS) is 16.5. The van der Waals surface area contributed by atoms with E-state index in [4.69, 9.17) is 37.7 Å². The number of rotatable bonds is 7. The quantitative estimate of drug-likeness (QED) is 0.314. The number of carbonyl (C=O) groups excluding carboxylic acids is 1. The Morgan fingerprint density at radius 1 is 1.00 bits per heavy atom. The fourth-order valence-corrected chi connectivity index (χ4v) is 6.64. The Hall–Kier alpha value is -3.96. The third-order valence-electron chi connectivity index (χ3n) is 8.48. The number of aryl methyl sites for hydroxylation is 2. The van der Waals surface area contributed by atoms with E-state index in [2.05, 4.69) is 16.3 Å². The smallest absolute Gasteiger partial charge is 0.330 e. The van der Waals surface area contributed by atoms with Gasteiger partial charge in [-0.05, 0) is 30.5 Å². The van der Waals surface area contributed by atoms with Gasteiger partial charge in [-0.25, -0.2) is 9.78 Å². The number of fused-ring (bicyclic) bond motifs is 1. The molecule has 228 valence electrons.